The standard InChI is InChI=1S/C22H21F5N4O4/c1-4-14-19(34-13-5-7-31(8-6-13)21(32)33-12(2)3)28-11-29-20(14)35-18-10-15(23)17(9-16(18)24)30-22(25,26)27/h1,9-13,30H,5-8H2,2-3H3. The zero-order valence-electron chi connectivity index (χ0n) is 18.7. The number of anilines is 1. The van der Waals surface area contributed by atoms with Crippen molar-refractivity contribution in [3.8, 4) is 29.9 Å². The lowest BCUT2D eigenvalue weighted by Crippen LogP contribution is -2.42. The maximum Gasteiger partial charge on any atom is 0.482 e. The van der Waals surface area contributed by atoms with Gasteiger partial charge < -0.3 is 19.1 Å². The Morgan fingerprint density at radius 2 is 1.83 bits per heavy atom. The van der Waals surface area contributed by atoms with Gasteiger partial charge in [-0.05, 0) is 13.8 Å². The molecule has 0 saturated carbocycles. The average Bonchev–Trinajstić information content (AvgIpc) is 2.76. The van der Waals surface area contributed by atoms with Crippen molar-refractivity contribution in [2.45, 2.75) is 45.2 Å². The Bertz CT molecular complexity index is 1110. The summed E-state index contributed by atoms with van der Waals surface area (Å²) in [6.07, 6.45) is 1.44. The first-order valence-electron chi connectivity index (χ1n) is 10.4. The van der Waals surface area contributed by atoms with Gasteiger partial charge in [-0.15, -0.1) is 6.42 Å². The van der Waals surface area contributed by atoms with Crippen molar-refractivity contribution in [2.24, 2.45) is 0 Å². The van der Waals surface area contributed by atoms with Crippen LogP contribution >= 0.6 is 0 Å². The summed E-state index contributed by atoms with van der Waals surface area (Å²) in [6.45, 7) is 4.24. The number of amides is 1. The molecule has 35 heavy (non-hydrogen) atoms. The number of nitrogens with zero attached hydrogens (tertiary/aromatic N) is 3. The van der Waals surface area contributed by atoms with Gasteiger partial charge in [-0.3, -0.25) is 5.32 Å². The summed E-state index contributed by atoms with van der Waals surface area (Å²) in [5.74, 6) is -1.59. The Hall–Kier alpha value is -3.82. The molecule has 0 unspecified atom stereocenters. The zero-order valence-corrected chi connectivity index (χ0v) is 18.7. The molecule has 2 aromatic rings. The van der Waals surface area contributed by atoms with Crippen molar-refractivity contribution < 1.29 is 41.0 Å². The van der Waals surface area contributed by atoms with Gasteiger partial charge >= 0.3 is 12.4 Å². The predicted molar refractivity (Wildman–Crippen MR) is 113 cm³/mol. The number of terminal acetylenes is 1. The maximum atomic E-state index is 14.3. The van der Waals surface area contributed by atoms with Crippen molar-refractivity contribution in [3.63, 3.8) is 0 Å². The molecule has 1 aliphatic heterocycles. The van der Waals surface area contributed by atoms with Gasteiger partial charge in [0.15, 0.2) is 11.6 Å². The summed E-state index contributed by atoms with van der Waals surface area (Å²) >= 11 is 0. The largest absolute Gasteiger partial charge is 0.482 e. The number of hydrogen-bond donors (Lipinski definition) is 1. The number of carbonyl (C=O) groups is 1. The fourth-order valence-electron chi connectivity index (χ4n) is 3.19. The number of alkyl halides is 3. The number of benzene rings is 1. The van der Waals surface area contributed by atoms with Crippen molar-refractivity contribution in [1.29, 1.82) is 0 Å². The van der Waals surface area contributed by atoms with Crippen molar-refractivity contribution >= 4 is 11.8 Å². The molecule has 1 aliphatic rings. The molecular weight excluding hydrogens is 479 g/mol. The summed E-state index contributed by atoms with van der Waals surface area (Å²) in [4.78, 5) is 21.3. The number of carbonyl (C=O) groups excluding carboxylic acids is 1. The normalized spacial score (nSPS) is 14.4. The lowest BCUT2D eigenvalue weighted by Gasteiger charge is -2.31. The second-order valence-corrected chi connectivity index (χ2v) is 7.73. The van der Waals surface area contributed by atoms with Crippen molar-refractivity contribution in [1.82, 2.24) is 14.9 Å². The van der Waals surface area contributed by atoms with Gasteiger partial charge in [0.1, 0.15) is 23.8 Å². The monoisotopic (exact) mass is 500 g/mol. The van der Waals surface area contributed by atoms with Crippen molar-refractivity contribution in [3.05, 3.63) is 35.7 Å². The highest BCUT2D eigenvalue weighted by molar-refractivity contribution is 5.67. The minimum Gasteiger partial charge on any atom is -0.473 e. The Labute approximate surface area is 197 Å². The fraction of sp³-hybridized carbons (Fsp3) is 0.409. The summed E-state index contributed by atoms with van der Waals surface area (Å²) in [5, 5.41) is 0.897. The second-order valence-electron chi connectivity index (χ2n) is 7.73. The number of rotatable bonds is 6. The summed E-state index contributed by atoms with van der Waals surface area (Å²) in [7, 11) is 0. The third kappa shape index (κ3) is 6.84. The van der Waals surface area contributed by atoms with Crippen LogP contribution in [0.15, 0.2) is 18.5 Å². The van der Waals surface area contributed by atoms with E-state index in [4.69, 9.17) is 20.6 Å². The van der Waals surface area contributed by atoms with Gasteiger partial charge in [0.2, 0.25) is 11.8 Å². The number of hydrogen-bond acceptors (Lipinski definition) is 7. The Morgan fingerprint density at radius 1 is 1.17 bits per heavy atom. The first kappa shape index (κ1) is 25.8. The van der Waals surface area contributed by atoms with Crippen LogP contribution in [0.3, 0.4) is 0 Å². The Balaban J connectivity index is 1.72. The quantitative estimate of drug-likeness (QED) is 0.345. The molecule has 0 spiro atoms. The summed E-state index contributed by atoms with van der Waals surface area (Å²) in [5.41, 5.74) is -1.22. The van der Waals surface area contributed by atoms with E-state index in [0.717, 1.165) is 11.6 Å². The maximum absolute atomic E-state index is 14.3. The van der Waals surface area contributed by atoms with Crippen LogP contribution in [0.5, 0.6) is 17.5 Å². The van der Waals surface area contributed by atoms with Gasteiger partial charge in [-0.25, -0.2) is 23.5 Å². The molecule has 1 aromatic carbocycles. The van der Waals surface area contributed by atoms with Gasteiger partial charge in [0, 0.05) is 38.1 Å². The van der Waals surface area contributed by atoms with E-state index in [-0.39, 0.29) is 29.5 Å². The van der Waals surface area contributed by atoms with E-state index in [2.05, 4.69) is 15.9 Å². The molecule has 0 atom stereocenters. The minimum absolute atomic E-state index is 0.0584. The van der Waals surface area contributed by atoms with Gasteiger partial charge in [0.25, 0.3) is 0 Å². The molecule has 8 nitrogen and oxygen atoms in total. The van der Waals surface area contributed by atoms with Crippen LogP contribution in [0, 0.1) is 24.0 Å². The number of aromatic nitrogens is 2. The van der Waals surface area contributed by atoms with E-state index >= 15 is 0 Å². The molecule has 1 amide bonds. The highest BCUT2D eigenvalue weighted by Gasteiger charge is 2.30. The van der Waals surface area contributed by atoms with E-state index in [1.807, 2.05) is 0 Å². The topological polar surface area (TPSA) is 85.8 Å². The Kier molecular flexibility index (Phi) is 7.83. The first-order chi connectivity index (χ1) is 16.5. The zero-order chi connectivity index (χ0) is 25.8. The first-order valence-corrected chi connectivity index (χ1v) is 10.4. The summed E-state index contributed by atoms with van der Waals surface area (Å²) in [6, 6.07) is 0.725. The third-order valence-electron chi connectivity index (χ3n) is 4.74. The van der Waals surface area contributed by atoms with E-state index in [0.29, 0.717) is 38.1 Å². The fourth-order valence-corrected chi connectivity index (χ4v) is 3.19. The summed E-state index contributed by atoms with van der Waals surface area (Å²) < 4.78 is 81.9. The minimum atomic E-state index is -4.96. The molecule has 188 valence electrons. The molecule has 1 aromatic heterocycles. The Morgan fingerprint density at radius 3 is 2.43 bits per heavy atom. The van der Waals surface area contributed by atoms with Gasteiger partial charge in [0.05, 0.1) is 11.8 Å². The number of nitrogens with one attached hydrogen (secondary N) is 1. The molecule has 0 aliphatic carbocycles. The molecular formula is C22H21F5N4O4. The molecule has 0 bridgehead atoms. The van der Waals surface area contributed by atoms with E-state index in [1.165, 1.54) is 0 Å². The number of ether oxygens (including phenoxy) is 3. The van der Waals surface area contributed by atoms with Crippen LogP contribution in [-0.2, 0) is 4.74 Å². The molecule has 2 heterocycles. The second kappa shape index (κ2) is 10.6. The number of halogens is 5. The SMILES string of the molecule is C#Cc1c(Oc2cc(F)c(NC(F)(F)F)cc2F)ncnc1OC1CCN(C(=O)OC(C)C)CC1. The van der Waals surface area contributed by atoms with Crippen LogP contribution in [0.25, 0.3) is 0 Å². The van der Waals surface area contributed by atoms with Gasteiger partial charge in [-0.1, -0.05) is 5.92 Å². The molecule has 1 fully saturated rings. The van der Waals surface area contributed by atoms with Crippen LogP contribution in [0.4, 0.5) is 32.4 Å². The van der Waals surface area contributed by atoms with E-state index in [9.17, 15) is 26.7 Å². The predicted octanol–water partition coefficient (Wildman–Crippen LogP) is 4.85. The number of likely N-dealkylation sites (tertiary alicyclic amines) is 1. The highest BCUT2D eigenvalue weighted by Crippen LogP contribution is 2.33. The smallest absolute Gasteiger partial charge is 0.473 e. The van der Waals surface area contributed by atoms with Crippen LogP contribution < -0.4 is 14.8 Å². The molecule has 0 radical (unpaired) electrons. The van der Waals surface area contributed by atoms with Crippen LogP contribution in [0.1, 0.15) is 32.3 Å². The number of piperidine rings is 1. The molecule has 13 heteroatoms. The van der Waals surface area contributed by atoms with Gasteiger partial charge in [-0.2, -0.15) is 13.2 Å². The lowest BCUT2D eigenvalue weighted by atomic mass is 10.1. The average molecular weight is 500 g/mol. The van der Waals surface area contributed by atoms with E-state index in [1.54, 1.807) is 18.7 Å². The van der Waals surface area contributed by atoms with Crippen molar-refractivity contribution in [2.75, 3.05) is 18.4 Å². The third-order valence-corrected chi connectivity index (χ3v) is 4.74. The molecule has 1 saturated heterocycles. The van der Waals surface area contributed by atoms with Crippen LogP contribution in [0.2, 0.25) is 0 Å². The molecule has 1 N–H and O–H groups in total. The van der Waals surface area contributed by atoms with Crippen LogP contribution in [-0.4, -0.2) is 52.6 Å². The highest BCUT2D eigenvalue weighted by atomic mass is 19.4. The molecule has 3 rings (SSSR count). The van der Waals surface area contributed by atoms with E-state index < -0.39 is 35.5 Å². The lowest BCUT2D eigenvalue weighted by molar-refractivity contribution is -0.100.